The smallest absolute Gasteiger partial charge is 0.122 e. The van der Waals surface area contributed by atoms with Gasteiger partial charge in [-0.2, -0.15) is 0 Å². The molecule has 0 bridgehead atoms. The third-order valence-electron chi connectivity index (χ3n) is 2.47. The van der Waals surface area contributed by atoms with Crippen LogP contribution in [-0.2, 0) is 11.2 Å². The van der Waals surface area contributed by atoms with E-state index in [-0.39, 0.29) is 0 Å². The van der Waals surface area contributed by atoms with Gasteiger partial charge in [-0.1, -0.05) is 0 Å². The van der Waals surface area contributed by atoms with Gasteiger partial charge in [0.2, 0.25) is 0 Å². The zero-order chi connectivity index (χ0) is 9.97. The minimum Gasteiger partial charge on any atom is -0.493 e. The van der Waals surface area contributed by atoms with Crippen molar-refractivity contribution in [2.45, 2.75) is 6.42 Å². The van der Waals surface area contributed by atoms with Crippen molar-refractivity contribution in [3.63, 3.8) is 0 Å². The van der Waals surface area contributed by atoms with E-state index in [1.54, 1.807) is 7.11 Å². The number of fused-ring (bicyclic) bond motifs is 1. The maximum atomic E-state index is 5.71. The summed E-state index contributed by atoms with van der Waals surface area (Å²) in [7, 11) is 1.72. The molecular formula is C11H15NO2. The number of hydrogen-bond acceptors (Lipinski definition) is 3. The van der Waals surface area contributed by atoms with E-state index in [1.165, 1.54) is 5.56 Å². The Morgan fingerprint density at radius 2 is 2.43 bits per heavy atom. The SMILES string of the molecule is COCC1COc2ccc(N)cc2C1. The van der Waals surface area contributed by atoms with Crippen LogP contribution in [0.15, 0.2) is 18.2 Å². The molecule has 0 saturated carbocycles. The van der Waals surface area contributed by atoms with Crippen molar-refractivity contribution < 1.29 is 9.47 Å². The van der Waals surface area contributed by atoms with E-state index < -0.39 is 0 Å². The number of ether oxygens (including phenoxy) is 2. The molecule has 3 heteroatoms. The molecule has 76 valence electrons. The van der Waals surface area contributed by atoms with Gasteiger partial charge in [0.05, 0.1) is 13.2 Å². The van der Waals surface area contributed by atoms with Crippen LogP contribution in [0.1, 0.15) is 5.56 Å². The molecule has 1 heterocycles. The van der Waals surface area contributed by atoms with Gasteiger partial charge in [-0.15, -0.1) is 0 Å². The second kappa shape index (κ2) is 3.88. The predicted molar refractivity (Wildman–Crippen MR) is 55.4 cm³/mol. The third-order valence-corrected chi connectivity index (χ3v) is 2.47. The van der Waals surface area contributed by atoms with Crippen molar-refractivity contribution >= 4 is 5.69 Å². The zero-order valence-corrected chi connectivity index (χ0v) is 8.32. The standard InChI is InChI=1S/C11H15NO2/c1-13-6-8-4-9-5-10(12)2-3-11(9)14-7-8/h2-3,5,8H,4,6-7,12H2,1H3. The van der Waals surface area contributed by atoms with Gasteiger partial charge in [0, 0.05) is 18.7 Å². The third kappa shape index (κ3) is 1.82. The Morgan fingerprint density at radius 1 is 1.57 bits per heavy atom. The van der Waals surface area contributed by atoms with Crippen molar-refractivity contribution in [1.82, 2.24) is 0 Å². The molecule has 2 N–H and O–H groups in total. The number of hydrogen-bond donors (Lipinski definition) is 1. The number of rotatable bonds is 2. The van der Waals surface area contributed by atoms with Crippen LogP contribution in [-0.4, -0.2) is 20.3 Å². The largest absolute Gasteiger partial charge is 0.493 e. The topological polar surface area (TPSA) is 44.5 Å². The van der Waals surface area contributed by atoms with Gasteiger partial charge in [0.25, 0.3) is 0 Å². The maximum Gasteiger partial charge on any atom is 0.122 e. The average Bonchev–Trinajstić information content (AvgIpc) is 2.17. The van der Waals surface area contributed by atoms with E-state index in [0.717, 1.165) is 31.1 Å². The quantitative estimate of drug-likeness (QED) is 0.723. The molecule has 3 nitrogen and oxygen atoms in total. The molecule has 2 rings (SSSR count). The number of benzene rings is 1. The summed E-state index contributed by atoms with van der Waals surface area (Å²) in [6.07, 6.45) is 0.994. The molecule has 0 amide bonds. The summed E-state index contributed by atoms with van der Waals surface area (Å²) >= 11 is 0. The van der Waals surface area contributed by atoms with Crippen LogP contribution in [0.4, 0.5) is 5.69 Å². The summed E-state index contributed by atoms with van der Waals surface area (Å²) in [4.78, 5) is 0. The first-order valence-corrected chi connectivity index (χ1v) is 4.79. The fourth-order valence-corrected chi connectivity index (χ4v) is 1.82. The highest BCUT2D eigenvalue weighted by molar-refractivity contribution is 5.48. The Kier molecular flexibility index (Phi) is 2.59. The summed E-state index contributed by atoms with van der Waals surface area (Å²) in [6.45, 7) is 1.49. The molecule has 0 saturated heterocycles. The van der Waals surface area contributed by atoms with Gasteiger partial charge in [-0.05, 0) is 30.2 Å². The van der Waals surface area contributed by atoms with Crippen LogP contribution in [0.3, 0.4) is 0 Å². The monoisotopic (exact) mass is 193 g/mol. The second-order valence-corrected chi connectivity index (χ2v) is 3.70. The Labute approximate surface area is 83.8 Å². The first kappa shape index (κ1) is 9.34. The number of nitrogen functional groups attached to an aromatic ring is 1. The summed E-state index contributed by atoms with van der Waals surface area (Å²) < 4.78 is 10.7. The van der Waals surface area contributed by atoms with Gasteiger partial charge in [0.15, 0.2) is 0 Å². The molecule has 1 aromatic rings. The predicted octanol–water partition coefficient (Wildman–Crippen LogP) is 1.47. The van der Waals surface area contributed by atoms with Crippen molar-refractivity contribution in [3.05, 3.63) is 23.8 Å². The van der Waals surface area contributed by atoms with Gasteiger partial charge >= 0.3 is 0 Å². The van der Waals surface area contributed by atoms with Crippen LogP contribution in [0.2, 0.25) is 0 Å². The van der Waals surface area contributed by atoms with E-state index in [2.05, 4.69) is 0 Å². The minimum absolute atomic E-state index is 0.453. The van der Waals surface area contributed by atoms with Crippen molar-refractivity contribution in [1.29, 1.82) is 0 Å². The van der Waals surface area contributed by atoms with Crippen molar-refractivity contribution in [2.24, 2.45) is 5.92 Å². The fourth-order valence-electron chi connectivity index (χ4n) is 1.82. The zero-order valence-electron chi connectivity index (χ0n) is 8.32. The summed E-state index contributed by atoms with van der Waals surface area (Å²) in [6, 6.07) is 5.79. The molecule has 0 radical (unpaired) electrons. The lowest BCUT2D eigenvalue weighted by atomic mass is 9.97. The highest BCUT2D eigenvalue weighted by Crippen LogP contribution is 2.28. The first-order chi connectivity index (χ1) is 6.79. The number of nitrogens with two attached hydrogens (primary N) is 1. The molecule has 1 aliphatic rings. The first-order valence-electron chi connectivity index (χ1n) is 4.79. The lowest BCUT2D eigenvalue weighted by Gasteiger charge is -2.24. The highest BCUT2D eigenvalue weighted by Gasteiger charge is 2.19. The van der Waals surface area contributed by atoms with Crippen molar-refractivity contribution in [3.8, 4) is 5.75 Å². The molecule has 0 spiro atoms. The molecule has 1 aromatic carbocycles. The molecule has 0 fully saturated rings. The van der Waals surface area contributed by atoms with E-state index in [9.17, 15) is 0 Å². The van der Waals surface area contributed by atoms with Gasteiger partial charge in [0.1, 0.15) is 5.75 Å². The fraction of sp³-hybridized carbons (Fsp3) is 0.455. The van der Waals surface area contributed by atoms with Crippen LogP contribution in [0.25, 0.3) is 0 Å². The Bertz CT molecular complexity index is 325. The van der Waals surface area contributed by atoms with Gasteiger partial charge < -0.3 is 15.2 Å². The Balaban J connectivity index is 2.16. The van der Waals surface area contributed by atoms with E-state index in [0.29, 0.717) is 5.92 Å². The molecular weight excluding hydrogens is 178 g/mol. The van der Waals surface area contributed by atoms with Gasteiger partial charge in [-0.3, -0.25) is 0 Å². The number of methoxy groups -OCH3 is 1. The van der Waals surface area contributed by atoms with Gasteiger partial charge in [-0.25, -0.2) is 0 Å². The molecule has 0 aliphatic carbocycles. The van der Waals surface area contributed by atoms with E-state index in [4.69, 9.17) is 15.2 Å². The van der Waals surface area contributed by atoms with Crippen LogP contribution >= 0.6 is 0 Å². The second-order valence-electron chi connectivity index (χ2n) is 3.70. The summed E-state index contributed by atoms with van der Waals surface area (Å²) in [5, 5.41) is 0. The normalized spacial score (nSPS) is 19.9. The molecule has 1 unspecified atom stereocenters. The summed E-state index contributed by atoms with van der Waals surface area (Å²) in [5.74, 6) is 1.42. The van der Waals surface area contributed by atoms with E-state index in [1.807, 2.05) is 18.2 Å². The molecule has 14 heavy (non-hydrogen) atoms. The molecule has 0 aromatic heterocycles. The van der Waals surface area contributed by atoms with Crippen molar-refractivity contribution in [2.75, 3.05) is 26.1 Å². The Morgan fingerprint density at radius 3 is 3.21 bits per heavy atom. The average molecular weight is 193 g/mol. The lowest BCUT2D eigenvalue weighted by Crippen LogP contribution is -2.24. The maximum absolute atomic E-state index is 5.71. The van der Waals surface area contributed by atoms with Crippen LogP contribution in [0.5, 0.6) is 5.75 Å². The molecule has 1 aliphatic heterocycles. The molecule has 1 atom stereocenters. The van der Waals surface area contributed by atoms with Crippen LogP contribution in [0, 0.1) is 5.92 Å². The van der Waals surface area contributed by atoms with Crippen LogP contribution < -0.4 is 10.5 Å². The lowest BCUT2D eigenvalue weighted by molar-refractivity contribution is 0.108. The Hall–Kier alpha value is -1.22. The highest BCUT2D eigenvalue weighted by atomic mass is 16.5. The number of anilines is 1. The summed E-state index contributed by atoms with van der Waals surface area (Å²) in [5.41, 5.74) is 7.70. The van der Waals surface area contributed by atoms with E-state index >= 15 is 0 Å². The minimum atomic E-state index is 0.453.